The van der Waals surface area contributed by atoms with Gasteiger partial charge in [0.1, 0.15) is 5.82 Å². The summed E-state index contributed by atoms with van der Waals surface area (Å²) in [6, 6.07) is 13.3. The van der Waals surface area contributed by atoms with E-state index in [4.69, 9.17) is 0 Å². The first-order chi connectivity index (χ1) is 12.0. The van der Waals surface area contributed by atoms with Gasteiger partial charge >= 0.3 is 0 Å². The van der Waals surface area contributed by atoms with Crippen LogP contribution in [-0.4, -0.2) is 49.2 Å². The van der Waals surface area contributed by atoms with Crippen LogP contribution in [0.3, 0.4) is 0 Å². The number of anilines is 1. The number of halogens is 1. The molecule has 2 aromatic carbocycles. The molecule has 3 rings (SSSR count). The van der Waals surface area contributed by atoms with E-state index in [-0.39, 0.29) is 17.4 Å². The predicted octanol–water partition coefficient (Wildman–Crippen LogP) is 3.03. The largest absolute Gasteiger partial charge is 0.369 e. The second-order valence-corrected chi connectivity index (χ2v) is 6.30. The molecule has 130 valence electrons. The molecule has 0 bridgehead atoms. The van der Waals surface area contributed by atoms with Crippen molar-refractivity contribution >= 4 is 17.3 Å². The van der Waals surface area contributed by atoms with E-state index in [1.54, 1.807) is 6.92 Å². The lowest BCUT2D eigenvalue weighted by Gasteiger charge is -2.35. The van der Waals surface area contributed by atoms with Gasteiger partial charge < -0.3 is 4.90 Å². The normalized spacial score (nSPS) is 15.2. The Morgan fingerprint density at radius 1 is 0.880 bits per heavy atom. The number of carbonyl (C=O) groups excluding carboxylic acids is 2. The fourth-order valence-electron chi connectivity index (χ4n) is 3.00. The maximum atomic E-state index is 12.9. The molecule has 25 heavy (non-hydrogen) atoms. The Hall–Kier alpha value is -2.53. The molecule has 0 atom stereocenters. The maximum Gasteiger partial charge on any atom is 0.176 e. The van der Waals surface area contributed by atoms with Gasteiger partial charge in [0.05, 0.1) is 6.54 Å². The molecule has 0 unspecified atom stereocenters. The van der Waals surface area contributed by atoms with E-state index in [1.807, 2.05) is 24.3 Å². The molecule has 1 aliphatic heterocycles. The van der Waals surface area contributed by atoms with E-state index < -0.39 is 0 Å². The van der Waals surface area contributed by atoms with E-state index in [2.05, 4.69) is 9.80 Å². The quantitative estimate of drug-likeness (QED) is 0.785. The Kier molecular flexibility index (Phi) is 5.24. The van der Waals surface area contributed by atoms with Crippen LogP contribution in [0.1, 0.15) is 27.6 Å². The van der Waals surface area contributed by atoms with Crippen LogP contribution in [0.2, 0.25) is 0 Å². The van der Waals surface area contributed by atoms with Crippen molar-refractivity contribution in [3.63, 3.8) is 0 Å². The number of hydrogen-bond acceptors (Lipinski definition) is 4. The van der Waals surface area contributed by atoms with Crippen LogP contribution in [0.5, 0.6) is 0 Å². The number of piperazine rings is 1. The van der Waals surface area contributed by atoms with Gasteiger partial charge in [-0.1, -0.05) is 0 Å². The van der Waals surface area contributed by atoms with Gasteiger partial charge in [0.2, 0.25) is 0 Å². The number of benzene rings is 2. The molecule has 1 saturated heterocycles. The van der Waals surface area contributed by atoms with Crippen LogP contribution in [0.15, 0.2) is 48.5 Å². The maximum absolute atomic E-state index is 12.9. The number of ketones is 2. The number of hydrogen-bond donors (Lipinski definition) is 0. The Morgan fingerprint density at radius 3 is 2.00 bits per heavy atom. The average molecular weight is 340 g/mol. The van der Waals surface area contributed by atoms with Gasteiger partial charge in [0.15, 0.2) is 11.6 Å². The molecule has 0 aromatic heterocycles. The van der Waals surface area contributed by atoms with Gasteiger partial charge in [-0.05, 0) is 55.5 Å². The third-order valence-corrected chi connectivity index (χ3v) is 4.54. The minimum absolute atomic E-state index is 0.0132. The lowest BCUT2D eigenvalue weighted by Crippen LogP contribution is -2.48. The topological polar surface area (TPSA) is 40.6 Å². The Morgan fingerprint density at radius 2 is 1.44 bits per heavy atom. The van der Waals surface area contributed by atoms with Gasteiger partial charge in [-0.2, -0.15) is 0 Å². The molecule has 0 N–H and O–H groups in total. The Bertz CT molecular complexity index is 748. The summed E-state index contributed by atoms with van der Waals surface area (Å²) in [5, 5.41) is 0. The smallest absolute Gasteiger partial charge is 0.176 e. The van der Waals surface area contributed by atoms with Crippen molar-refractivity contribution in [2.45, 2.75) is 6.92 Å². The highest BCUT2D eigenvalue weighted by molar-refractivity contribution is 5.97. The zero-order valence-corrected chi connectivity index (χ0v) is 14.2. The number of Topliss-reactive ketones (excluding diaryl/α,β-unsaturated/α-hetero) is 2. The summed E-state index contributed by atoms with van der Waals surface area (Å²) in [4.78, 5) is 28.0. The summed E-state index contributed by atoms with van der Waals surface area (Å²) in [6.07, 6.45) is 0. The first-order valence-electron chi connectivity index (χ1n) is 8.40. The molecule has 0 amide bonds. The van der Waals surface area contributed by atoms with Crippen LogP contribution in [-0.2, 0) is 0 Å². The van der Waals surface area contributed by atoms with Crippen LogP contribution in [0.4, 0.5) is 10.1 Å². The van der Waals surface area contributed by atoms with Crippen molar-refractivity contribution in [1.82, 2.24) is 4.90 Å². The molecule has 0 radical (unpaired) electrons. The van der Waals surface area contributed by atoms with Gasteiger partial charge in [-0.15, -0.1) is 0 Å². The highest BCUT2D eigenvalue weighted by atomic mass is 19.1. The molecule has 5 heteroatoms. The van der Waals surface area contributed by atoms with E-state index in [1.165, 1.54) is 24.3 Å². The highest BCUT2D eigenvalue weighted by Crippen LogP contribution is 2.18. The van der Waals surface area contributed by atoms with Crippen molar-refractivity contribution in [3.05, 3.63) is 65.5 Å². The molecule has 1 heterocycles. The lowest BCUT2D eigenvalue weighted by molar-refractivity contribution is 0.0925. The summed E-state index contributed by atoms with van der Waals surface area (Å²) in [5.41, 5.74) is 2.35. The zero-order chi connectivity index (χ0) is 17.8. The third-order valence-electron chi connectivity index (χ3n) is 4.54. The Labute approximate surface area is 146 Å². The molecular weight excluding hydrogens is 319 g/mol. The molecule has 1 aliphatic rings. The highest BCUT2D eigenvalue weighted by Gasteiger charge is 2.20. The summed E-state index contributed by atoms with van der Waals surface area (Å²) >= 11 is 0. The predicted molar refractivity (Wildman–Crippen MR) is 95.8 cm³/mol. The minimum Gasteiger partial charge on any atom is -0.369 e. The van der Waals surface area contributed by atoms with E-state index in [9.17, 15) is 14.0 Å². The van der Waals surface area contributed by atoms with Crippen molar-refractivity contribution in [2.24, 2.45) is 0 Å². The summed E-state index contributed by atoms with van der Waals surface area (Å²) in [5.74, 6) is -0.254. The molecule has 4 nitrogen and oxygen atoms in total. The second kappa shape index (κ2) is 7.57. The molecular formula is C20H21FN2O2. The van der Waals surface area contributed by atoms with Crippen LogP contribution in [0.25, 0.3) is 0 Å². The molecule has 0 aliphatic carbocycles. The molecule has 2 aromatic rings. The number of rotatable bonds is 5. The summed E-state index contributed by atoms with van der Waals surface area (Å²) in [6.45, 7) is 5.16. The second-order valence-electron chi connectivity index (χ2n) is 6.30. The van der Waals surface area contributed by atoms with Crippen molar-refractivity contribution < 1.29 is 14.0 Å². The summed E-state index contributed by atoms with van der Waals surface area (Å²) < 4.78 is 12.9. The van der Waals surface area contributed by atoms with Gasteiger partial charge in [-0.3, -0.25) is 14.5 Å². The first-order valence-corrected chi connectivity index (χ1v) is 8.40. The third kappa shape index (κ3) is 4.31. The molecule has 0 saturated carbocycles. The monoisotopic (exact) mass is 340 g/mol. The van der Waals surface area contributed by atoms with Crippen LogP contribution >= 0.6 is 0 Å². The van der Waals surface area contributed by atoms with Crippen LogP contribution < -0.4 is 4.90 Å². The number of carbonyl (C=O) groups is 2. The van der Waals surface area contributed by atoms with Gasteiger partial charge in [-0.25, -0.2) is 4.39 Å². The average Bonchev–Trinajstić information content (AvgIpc) is 2.63. The van der Waals surface area contributed by atoms with Crippen LogP contribution in [0, 0.1) is 5.82 Å². The van der Waals surface area contributed by atoms with E-state index in [0.29, 0.717) is 17.7 Å². The molecule has 0 spiro atoms. The van der Waals surface area contributed by atoms with Crippen molar-refractivity contribution in [1.29, 1.82) is 0 Å². The lowest BCUT2D eigenvalue weighted by atomic mass is 10.1. The SMILES string of the molecule is CC(=O)c1ccc(N2CCN(CC(=O)c3ccc(F)cc3)CC2)cc1. The number of nitrogens with zero attached hydrogens (tertiary/aromatic N) is 2. The Balaban J connectivity index is 1.53. The fraction of sp³-hybridized carbons (Fsp3) is 0.300. The summed E-state index contributed by atoms with van der Waals surface area (Å²) in [7, 11) is 0. The van der Waals surface area contributed by atoms with Crippen molar-refractivity contribution in [3.8, 4) is 0 Å². The van der Waals surface area contributed by atoms with Gasteiger partial charge in [0, 0.05) is 43.0 Å². The minimum atomic E-state index is -0.332. The fourth-order valence-corrected chi connectivity index (χ4v) is 3.00. The van der Waals surface area contributed by atoms with Gasteiger partial charge in [0.25, 0.3) is 0 Å². The van der Waals surface area contributed by atoms with E-state index in [0.717, 1.165) is 31.9 Å². The standard InChI is InChI=1S/C20H21FN2O2/c1-15(24)16-4-8-19(9-5-16)23-12-10-22(11-13-23)14-20(25)17-2-6-18(21)7-3-17/h2-9H,10-14H2,1H3. The zero-order valence-electron chi connectivity index (χ0n) is 14.2. The molecule has 1 fully saturated rings. The first kappa shape index (κ1) is 17.3. The van der Waals surface area contributed by atoms with E-state index >= 15 is 0 Å². The van der Waals surface area contributed by atoms with Crippen molar-refractivity contribution in [2.75, 3.05) is 37.6 Å².